The van der Waals surface area contributed by atoms with E-state index in [9.17, 15) is 10.0 Å². The Kier molecular flexibility index (Phi) is 20.6. The van der Waals surface area contributed by atoms with Crippen molar-refractivity contribution in [2.45, 2.75) is 132 Å². The van der Waals surface area contributed by atoms with Gasteiger partial charge in [-0.2, -0.15) is 0 Å². The molecular weight excluding hydrogens is 383 g/mol. The van der Waals surface area contributed by atoms with E-state index < -0.39 is 7.12 Å². The second-order valence-electron chi connectivity index (χ2n) is 9.98. The van der Waals surface area contributed by atoms with Crippen LogP contribution in [-0.2, 0) is 12.8 Å². The molecule has 5 heteroatoms. The number of hydrogen-bond donors (Lipinski definition) is 2. The van der Waals surface area contributed by atoms with Crippen LogP contribution < -0.4 is 26.1 Å². The molecule has 0 aliphatic carbocycles. The number of hydrogen-bond acceptors (Lipinski definition) is 2. The summed E-state index contributed by atoms with van der Waals surface area (Å²) in [6, 6.07) is 8.72. The second kappa shape index (κ2) is 19.8. The van der Waals surface area contributed by atoms with Crippen molar-refractivity contribution >= 4 is 12.6 Å². The zero-order chi connectivity index (χ0) is 24.4. The minimum atomic E-state index is -1.85. The molecule has 0 bridgehead atoms. The van der Waals surface area contributed by atoms with Crippen LogP contribution in [0.15, 0.2) is 18.2 Å². The fourth-order valence-electron chi connectivity index (χ4n) is 3.52. The molecule has 0 atom stereocenters. The normalized spacial score (nSPS) is 10.8. The Balaban J connectivity index is 0. The molecule has 0 saturated carbocycles. The molecule has 0 unspecified atom stereocenters. The van der Waals surface area contributed by atoms with Gasteiger partial charge in [0.1, 0.15) is 0 Å². The van der Waals surface area contributed by atoms with Gasteiger partial charge in [0, 0.05) is 0 Å². The molecule has 0 heterocycles. The molecule has 31 heavy (non-hydrogen) atoms. The van der Waals surface area contributed by atoms with Crippen LogP contribution in [0.3, 0.4) is 0 Å². The lowest BCUT2D eigenvalue weighted by atomic mass is 9.78. The van der Waals surface area contributed by atoms with Gasteiger partial charge < -0.3 is 20.7 Å². The maximum absolute atomic E-state index is 11.0. The number of nitrogens with two attached hydrogens (primary N) is 2. The number of benzene rings is 1. The Hall–Kier alpha value is -0.875. The van der Waals surface area contributed by atoms with Crippen molar-refractivity contribution in [1.82, 2.24) is 0 Å². The highest BCUT2D eigenvalue weighted by Gasteiger charge is 2.00. The van der Waals surface area contributed by atoms with Gasteiger partial charge in [-0.05, 0) is 92.2 Å². The first-order chi connectivity index (χ1) is 14.4. The van der Waals surface area contributed by atoms with Crippen molar-refractivity contribution in [3.05, 3.63) is 29.3 Å². The molecule has 0 fully saturated rings. The summed E-state index contributed by atoms with van der Waals surface area (Å²) in [5.41, 5.74) is 2.70. The summed E-state index contributed by atoms with van der Waals surface area (Å²) < 4.78 is 0. The van der Waals surface area contributed by atoms with Crippen LogP contribution in [0, 0.1) is 0 Å². The fourth-order valence-corrected chi connectivity index (χ4v) is 3.52. The molecule has 0 amide bonds. The van der Waals surface area contributed by atoms with Gasteiger partial charge in [0.15, 0.2) is 0 Å². The molecule has 182 valence electrons. The number of aryl methyl sites for hydroxylation is 2. The molecule has 0 spiro atoms. The SMILES string of the molecule is CC(C)[NH2+]C(C)C.CC(C)[NH2+]C(C)C.CCCCc1cc(CCCC)cc(B([O-])[O-])c1. The molecule has 0 aliphatic rings. The Morgan fingerprint density at radius 3 is 1.16 bits per heavy atom. The zero-order valence-electron chi connectivity index (χ0n) is 22.3. The standard InChI is InChI=1S/C14H21BO2.2C6H15N/c1-3-5-7-12-9-13(8-6-4-2)11-14(10-12)15(16)17;2*1-5(2)7-6(3)4/h9-11H,3-8H2,1-2H3;2*5-7H,1-4H3/q-2;;/p+2. The van der Waals surface area contributed by atoms with E-state index in [1.807, 2.05) is 0 Å². The lowest BCUT2D eigenvalue weighted by Gasteiger charge is -2.28. The molecular formula is C26H53BN2O2. The van der Waals surface area contributed by atoms with Gasteiger partial charge in [-0.15, -0.1) is 5.46 Å². The number of unbranched alkanes of at least 4 members (excludes halogenated alkanes) is 2. The third-order valence-corrected chi connectivity index (χ3v) is 4.52. The highest BCUT2D eigenvalue weighted by atomic mass is 16.4. The highest BCUT2D eigenvalue weighted by molar-refractivity contribution is 6.55. The van der Waals surface area contributed by atoms with Gasteiger partial charge in [-0.3, -0.25) is 0 Å². The Morgan fingerprint density at radius 1 is 0.645 bits per heavy atom. The third-order valence-electron chi connectivity index (χ3n) is 4.52. The first-order valence-corrected chi connectivity index (χ1v) is 12.6. The van der Waals surface area contributed by atoms with Crippen LogP contribution in [0.5, 0.6) is 0 Å². The van der Waals surface area contributed by atoms with E-state index in [-0.39, 0.29) is 0 Å². The summed E-state index contributed by atoms with van der Waals surface area (Å²) in [4.78, 5) is 0. The molecule has 1 rings (SSSR count). The summed E-state index contributed by atoms with van der Waals surface area (Å²) in [7, 11) is -1.85. The lowest BCUT2D eigenvalue weighted by molar-refractivity contribution is -0.709. The highest BCUT2D eigenvalue weighted by Crippen LogP contribution is 2.10. The quantitative estimate of drug-likeness (QED) is 0.516. The Bertz CT molecular complexity index is 480. The van der Waals surface area contributed by atoms with Gasteiger partial charge in [0.05, 0.1) is 24.2 Å². The minimum absolute atomic E-state index is 0.407. The van der Waals surface area contributed by atoms with Crippen LogP contribution in [0.4, 0.5) is 0 Å². The monoisotopic (exact) mass is 436 g/mol. The van der Waals surface area contributed by atoms with E-state index in [1.54, 1.807) is 12.1 Å². The average molecular weight is 437 g/mol. The lowest BCUT2D eigenvalue weighted by Crippen LogP contribution is -2.92. The van der Waals surface area contributed by atoms with E-state index in [0.29, 0.717) is 5.46 Å². The van der Waals surface area contributed by atoms with Crippen LogP contribution in [0.2, 0.25) is 0 Å². The Labute approximate surface area is 194 Å². The van der Waals surface area contributed by atoms with E-state index in [4.69, 9.17) is 0 Å². The second-order valence-corrected chi connectivity index (χ2v) is 9.98. The maximum Gasteiger partial charge on any atom is 0.0803 e. The zero-order valence-corrected chi connectivity index (χ0v) is 22.3. The van der Waals surface area contributed by atoms with Crippen molar-refractivity contribution in [1.29, 1.82) is 0 Å². The van der Waals surface area contributed by atoms with Crippen molar-refractivity contribution in [2.75, 3.05) is 0 Å². The largest absolute Gasteiger partial charge is 0.889 e. The van der Waals surface area contributed by atoms with Gasteiger partial charge >= 0.3 is 0 Å². The fraction of sp³-hybridized carbons (Fsp3) is 0.769. The maximum atomic E-state index is 11.0. The van der Waals surface area contributed by atoms with E-state index in [0.717, 1.165) is 73.8 Å². The van der Waals surface area contributed by atoms with Gasteiger partial charge in [0.25, 0.3) is 0 Å². The molecule has 4 nitrogen and oxygen atoms in total. The molecule has 0 radical (unpaired) electrons. The third kappa shape index (κ3) is 22.1. The van der Waals surface area contributed by atoms with Gasteiger partial charge in [-0.25, -0.2) is 0 Å². The summed E-state index contributed by atoms with van der Waals surface area (Å²) in [5.74, 6) is 0. The first-order valence-electron chi connectivity index (χ1n) is 12.6. The average Bonchev–Trinajstić information content (AvgIpc) is 2.63. The van der Waals surface area contributed by atoms with Gasteiger partial charge in [-0.1, -0.05) is 52.0 Å². The number of rotatable bonds is 11. The van der Waals surface area contributed by atoms with Crippen LogP contribution in [0.1, 0.15) is 106 Å². The summed E-state index contributed by atoms with van der Waals surface area (Å²) in [6.45, 7) is 22.0. The number of quaternary nitrogens is 2. The van der Waals surface area contributed by atoms with Crippen molar-refractivity contribution in [3.8, 4) is 0 Å². The molecule has 4 N–H and O–H groups in total. The van der Waals surface area contributed by atoms with Gasteiger partial charge in [0.2, 0.25) is 0 Å². The van der Waals surface area contributed by atoms with Crippen LogP contribution in [-0.4, -0.2) is 31.3 Å². The molecule has 0 aliphatic heterocycles. The topological polar surface area (TPSA) is 79.3 Å². The van der Waals surface area contributed by atoms with E-state index in [2.05, 4.69) is 85.9 Å². The molecule has 0 aromatic heterocycles. The Morgan fingerprint density at radius 2 is 0.968 bits per heavy atom. The first kappa shape index (κ1) is 32.3. The van der Waals surface area contributed by atoms with Crippen molar-refractivity contribution < 1.29 is 20.7 Å². The van der Waals surface area contributed by atoms with Crippen LogP contribution in [0.25, 0.3) is 0 Å². The minimum Gasteiger partial charge on any atom is -0.889 e. The van der Waals surface area contributed by atoms with E-state index in [1.165, 1.54) is 0 Å². The van der Waals surface area contributed by atoms with E-state index >= 15 is 0 Å². The summed E-state index contributed by atoms with van der Waals surface area (Å²) in [6.07, 6.45) is 6.42. The summed E-state index contributed by atoms with van der Waals surface area (Å²) in [5, 5.41) is 26.7. The molecule has 1 aromatic rings. The van der Waals surface area contributed by atoms with Crippen molar-refractivity contribution in [2.24, 2.45) is 0 Å². The summed E-state index contributed by atoms with van der Waals surface area (Å²) >= 11 is 0. The molecule has 1 aromatic carbocycles. The predicted molar refractivity (Wildman–Crippen MR) is 133 cm³/mol. The molecule has 0 saturated heterocycles. The predicted octanol–water partition coefficient (Wildman–Crippen LogP) is 1.52. The van der Waals surface area contributed by atoms with Crippen LogP contribution >= 0.6 is 0 Å². The smallest absolute Gasteiger partial charge is 0.0803 e. The van der Waals surface area contributed by atoms with Crippen molar-refractivity contribution in [3.63, 3.8) is 0 Å².